The molecule has 0 spiro atoms. The van der Waals surface area contributed by atoms with Gasteiger partial charge in [0.25, 0.3) is 0 Å². The standard InChI is InChI=1S/C37H61N3O10/c1-34(2,3)47-30(42)23-39(24-31(43)48-35(4,5)6)20-18-38(22-29(41)46-27-28-16-14-13-15-17-28)19-21-40(25-32(44)49-36(7,8)9)26-33(45)50-37(10,11)12/h13-17H,18-27H2,1-12H3. The third kappa shape index (κ3) is 23.7. The Morgan fingerprint density at radius 2 is 0.720 bits per heavy atom. The Bertz CT molecular complexity index is 1110. The fourth-order valence-electron chi connectivity index (χ4n) is 4.46. The molecule has 0 fully saturated rings. The van der Waals surface area contributed by atoms with Crippen molar-refractivity contribution < 1.29 is 47.7 Å². The van der Waals surface area contributed by atoms with Crippen LogP contribution in [0.4, 0.5) is 0 Å². The van der Waals surface area contributed by atoms with Gasteiger partial charge in [0.2, 0.25) is 0 Å². The van der Waals surface area contributed by atoms with Gasteiger partial charge in [-0.25, -0.2) is 0 Å². The largest absolute Gasteiger partial charge is 0.460 e. The van der Waals surface area contributed by atoms with Crippen LogP contribution < -0.4 is 0 Å². The van der Waals surface area contributed by atoms with E-state index < -0.39 is 52.3 Å². The minimum Gasteiger partial charge on any atom is -0.460 e. The summed E-state index contributed by atoms with van der Waals surface area (Å²) in [5.41, 5.74) is -2.08. The van der Waals surface area contributed by atoms with E-state index in [-0.39, 0.29) is 65.5 Å². The first-order valence-corrected chi connectivity index (χ1v) is 17.0. The summed E-state index contributed by atoms with van der Waals surface area (Å²) >= 11 is 0. The van der Waals surface area contributed by atoms with Gasteiger partial charge in [0, 0.05) is 26.2 Å². The molecule has 0 aliphatic rings. The summed E-state index contributed by atoms with van der Waals surface area (Å²) in [5, 5.41) is 0. The van der Waals surface area contributed by atoms with Crippen LogP contribution in [0.2, 0.25) is 0 Å². The van der Waals surface area contributed by atoms with E-state index in [1.165, 1.54) is 0 Å². The van der Waals surface area contributed by atoms with Gasteiger partial charge in [-0.3, -0.25) is 38.7 Å². The van der Waals surface area contributed by atoms with Gasteiger partial charge in [0.15, 0.2) is 0 Å². The second-order valence-corrected chi connectivity index (χ2v) is 16.2. The topological polar surface area (TPSA) is 141 Å². The van der Waals surface area contributed by atoms with Crippen LogP contribution >= 0.6 is 0 Å². The highest BCUT2D eigenvalue weighted by atomic mass is 16.6. The molecule has 0 aliphatic heterocycles. The van der Waals surface area contributed by atoms with Crippen molar-refractivity contribution in [2.24, 2.45) is 0 Å². The lowest BCUT2D eigenvalue weighted by molar-refractivity contribution is -0.162. The van der Waals surface area contributed by atoms with Gasteiger partial charge in [-0.1, -0.05) is 30.3 Å². The van der Waals surface area contributed by atoms with Crippen LogP contribution in [0.25, 0.3) is 0 Å². The van der Waals surface area contributed by atoms with E-state index >= 15 is 0 Å². The Morgan fingerprint density at radius 3 is 1.02 bits per heavy atom. The van der Waals surface area contributed by atoms with Crippen molar-refractivity contribution in [2.75, 3.05) is 58.9 Å². The van der Waals surface area contributed by atoms with E-state index in [0.717, 1.165) is 5.56 Å². The van der Waals surface area contributed by atoms with E-state index in [4.69, 9.17) is 23.7 Å². The predicted octanol–water partition coefficient (Wildman–Crippen LogP) is 4.00. The molecule has 0 aromatic heterocycles. The highest BCUT2D eigenvalue weighted by Gasteiger charge is 2.27. The maximum atomic E-state index is 13.1. The monoisotopic (exact) mass is 707 g/mol. The molecule has 0 N–H and O–H groups in total. The molecule has 0 saturated carbocycles. The molecule has 0 unspecified atom stereocenters. The van der Waals surface area contributed by atoms with Crippen molar-refractivity contribution in [3.8, 4) is 0 Å². The summed E-state index contributed by atoms with van der Waals surface area (Å²) in [6, 6.07) is 9.27. The summed E-state index contributed by atoms with van der Waals surface area (Å²) in [7, 11) is 0. The lowest BCUT2D eigenvalue weighted by Crippen LogP contribution is -2.47. The number of rotatable bonds is 18. The molecular weight excluding hydrogens is 646 g/mol. The molecule has 0 bridgehead atoms. The first kappa shape index (κ1) is 44.5. The fourth-order valence-corrected chi connectivity index (χ4v) is 4.46. The van der Waals surface area contributed by atoms with Crippen molar-refractivity contribution in [1.29, 1.82) is 0 Å². The number of nitrogens with zero attached hydrogens (tertiary/aromatic N) is 3. The Kier molecular flexibility index (Phi) is 17.6. The zero-order chi connectivity index (χ0) is 38.3. The lowest BCUT2D eigenvalue weighted by Gasteiger charge is -2.30. The molecule has 13 nitrogen and oxygen atoms in total. The van der Waals surface area contributed by atoms with Crippen molar-refractivity contribution in [3.63, 3.8) is 0 Å². The van der Waals surface area contributed by atoms with E-state index in [2.05, 4.69) is 0 Å². The summed E-state index contributed by atoms with van der Waals surface area (Å²) in [5.74, 6) is -2.57. The fraction of sp³-hybridized carbons (Fsp3) is 0.703. The predicted molar refractivity (Wildman–Crippen MR) is 189 cm³/mol. The van der Waals surface area contributed by atoms with Gasteiger partial charge in [-0.05, 0) is 88.6 Å². The summed E-state index contributed by atoms with van der Waals surface area (Å²) in [6.07, 6.45) is 0. The molecule has 1 rings (SSSR count). The molecule has 0 radical (unpaired) electrons. The van der Waals surface area contributed by atoms with Crippen LogP contribution in [-0.4, -0.2) is 126 Å². The second kappa shape index (κ2) is 19.7. The Hall–Kier alpha value is -3.55. The average Bonchev–Trinajstić information content (AvgIpc) is 2.89. The van der Waals surface area contributed by atoms with Gasteiger partial charge < -0.3 is 23.7 Å². The molecule has 0 atom stereocenters. The second-order valence-electron chi connectivity index (χ2n) is 16.2. The van der Waals surface area contributed by atoms with Crippen molar-refractivity contribution in [1.82, 2.24) is 14.7 Å². The van der Waals surface area contributed by atoms with E-state index in [1.807, 2.05) is 30.3 Å². The van der Waals surface area contributed by atoms with Crippen molar-refractivity contribution >= 4 is 29.8 Å². The first-order chi connectivity index (χ1) is 22.8. The third-order valence-corrected chi connectivity index (χ3v) is 6.15. The number of ether oxygens (including phenoxy) is 5. The van der Waals surface area contributed by atoms with Gasteiger partial charge >= 0.3 is 29.8 Å². The van der Waals surface area contributed by atoms with Gasteiger partial charge in [0.05, 0.1) is 32.7 Å². The zero-order valence-electron chi connectivity index (χ0n) is 32.4. The zero-order valence-corrected chi connectivity index (χ0v) is 32.4. The minimum absolute atomic E-state index is 0.0837. The van der Waals surface area contributed by atoms with Crippen LogP contribution in [0.1, 0.15) is 88.6 Å². The Balaban J connectivity index is 3.23. The van der Waals surface area contributed by atoms with Crippen LogP contribution in [0.15, 0.2) is 30.3 Å². The smallest absolute Gasteiger partial charge is 0.320 e. The Morgan fingerprint density at radius 1 is 0.440 bits per heavy atom. The number of carbonyl (C=O) groups is 5. The van der Waals surface area contributed by atoms with Gasteiger partial charge in [0.1, 0.15) is 29.0 Å². The normalized spacial score (nSPS) is 12.5. The van der Waals surface area contributed by atoms with Crippen molar-refractivity contribution in [3.05, 3.63) is 35.9 Å². The molecular formula is C37H61N3O10. The maximum absolute atomic E-state index is 13.1. The number of benzene rings is 1. The van der Waals surface area contributed by atoms with Crippen LogP contribution in [0.3, 0.4) is 0 Å². The van der Waals surface area contributed by atoms with Crippen LogP contribution in [0.5, 0.6) is 0 Å². The highest BCUT2D eigenvalue weighted by Crippen LogP contribution is 2.12. The van der Waals surface area contributed by atoms with E-state index in [9.17, 15) is 24.0 Å². The minimum atomic E-state index is -0.727. The van der Waals surface area contributed by atoms with Gasteiger partial charge in [-0.2, -0.15) is 0 Å². The van der Waals surface area contributed by atoms with E-state index in [0.29, 0.717) is 0 Å². The summed E-state index contributed by atoms with van der Waals surface area (Å²) < 4.78 is 27.6. The van der Waals surface area contributed by atoms with Crippen LogP contribution in [0, 0.1) is 0 Å². The molecule has 0 aliphatic carbocycles. The van der Waals surface area contributed by atoms with Crippen LogP contribution in [-0.2, 0) is 54.3 Å². The molecule has 0 heterocycles. The molecule has 1 aromatic carbocycles. The number of hydrogen-bond donors (Lipinski definition) is 0. The number of hydrogen-bond acceptors (Lipinski definition) is 13. The molecule has 0 amide bonds. The molecule has 13 heteroatoms. The quantitative estimate of drug-likeness (QED) is 0.161. The number of carbonyl (C=O) groups excluding carboxylic acids is 5. The molecule has 50 heavy (non-hydrogen) atoms. The maximum Gasteiger partial charge on any atom is 0.320 e. The third-order valence-electron chi connectivity index (χ3n) is 6.15. The first-order valence-electron chi connectivity index (χ1n) is 17.0. The SMILES string of the molecule is CC(C)(C)OC(=O)CN(CCN(CCN(CC(=O)OC(C)(C)C)CC(=O)OC(C)(C)C)CC(=O)OCc1ccccc1)CC(=O)OC(C)(C)C. The highest BCUT2D eigenvalue weighted by molar-refractivity contribution is 5.76. The summed E-state index contributed by atoms with van der Waals surface area (Å²) in [6.45, 7) is 21.1. The van der Waals surface area contributed by atoms with Gasteiger partial charge in [-0.15, -0.1) is 0 Å². The average molecular weight is 708 g/mol. The van der Waals surface area contributed by atoms with E-state index in [1.54, 1.807) is 97.8 Å². The molecule has 284 valence electrons. The Labute approximate surface area is 298 Å². The lowest BCUT2D eigenvalue weighted by atomic mass is 10.2. The molecule has 0 saturated heterocycles. The van der Waals surface area contributed by atoms with Crippen molar-refractivity contribution in [2.45, 2.75) is 112 Å². The molecule has 1 aromatic rings. The number of esters is 5. The summed E-state index contributed by atoms with van der Waals surface area (Å²) in [4.78, 5) is 69.2.